The van der Waals surface area contributed by atoms with E-state index in [0.29, 0.717) is 16.9 Å². The number of benzene rings is 5. The number of anilines is 1. The van der Waals surface area contributed by atoms with Crippen LogP contribution in [0.25, 0.3) is 16.5 Å². The predicted octanol–water partition coefficient (Wildman–Crippen LogP) is 7.80. The summed E-state index contributed by atoms with van der Waals surface area (Å²) in [6, 6.07) is 37.9. The molecule has 0 amide bonds. The van der Waals surface area contributed by atoms with E-state index >= 15 is 0 Å². The van der Waals surface area contributed by atoms with Gasteiger partial charge in [-0.15, -0.1) is 0 Å². The van der Waals surface area contributed by atoms with Crippen molar-refractivity contribution in [3.8, 4) is 0 Å². The minimum Gasteiger partial charge on any atom is -0.254 e. The third kappa shape index (κ3) is 4.13. The van der Waals surface area contributed by atoms with Gasteiger partial charge >= 0.3 is 0 Å². The highest BCUT2D eigenvalue weighted by molar-refractivity contribution is 7.93. The number of aromatic nitrogens is 1. The minimum absolute atomic E-state index is 0.199. The van der Waals surface area contributed by atoms with Gasteiger partial charge < -0.3 is 0 Å². The van der Waals surface area contributed by atoms with Gasteiger partial charge in [0.25, 0.3) is 20.0 Å². The summed E-state index contributed by atoms with van der Waals surface area (Å²) in [6.07, 6.45) is 0.262. The van der Waals surface area contributed by atoms with Gasteiger partial charge in [-0.3, -0.25) is 4.31 Å². The second-order valence-electron chi connectivity index (χ2n) is 11.9. The van der Waals surface area contributed by atoms with E-state index in [1.54, 1.807) is 48.5 Å². The second kappa shape index (κ2) is 10.3. The fraction of sp³-hybridized carbons (Fsp3) is 0.105. The van der Waals surface area contributed by atoms with Crippen LogP contribution < -0.4 is 4.31 Å². The molecule has 8 heteroatoms. The first-order valence-electron chi connectivity index (χ1n) is 15.1. The van der Waals surface area contributed by atoms with Crippen LogP contribution in [0.15, 0.2) is 143 Å². The zero-order chi connectivity index (χ0) is 31.8. The molecule has 0 saturated carbocycles. The summed E-state index contributed by atoms with van der Waals surface area (Å²) in [4.78, 5) is 0.403. The summed E-state index contributed by atoms with van der Waals surface area (Å²) in [5, 5.41) is 0.814. The first-order chi connectivity index (χ1) is 22.2. The zero-order valence-corrected chi connectivity index (χ0v) is 26.9. The molecule has 2 heterocycles. The highest BCUT2D eigenvalue weighted by atomic mass is 32.2. The fourth-order valence-electron chi connectivity index (χ4n) is 6.99. The molecule has 2 aliphatic rings. The topological polar surface area (TPSA) is 76.5 Å². The Kier molecular flexibility index (Phi) is 6.39. The Hall–Kier alpha value is -4.92. The van der Waals surface area contributed by atoms with Crippen molar-refractivity contribution in [1.82, 2.24) is 3.97 Å². The third-order valence-electron chi connectivity index (χ3n) is 9.08. The zero-order valence-electron chi connectivity index (χ0n) is 25.3. The Morgan fingerprint density at radius 2 is 1.17 bits per heavy atom. The molecule has 0 radical (unpaired) electrons. The van der Waals surface area contributed by atoms with E-state index in [1.165, 1.54) is 8.28 Å². The molecule has 228 valence electrons. The van der Waals surface area contributed by atoms with Crippen LogP contribution in [0.5, 0.6) is 0 Å². The molecular formula is C38H30N2O4S2. The van der Waals surface area contributed by atoms with Crippen molar-refractivity contribution in [1.29, 1.82) is 0 Å². The van der Waals surface area contributed by atoms with Crippen LogP contribution >= 0.6 is 0 Å². The number of hydrogen-bond donors (Lipinski definition) is 0. The summed E-state index contributed by atoms with van der Waals surface area (Å²) in [7, 11) is -8.05. The van der Waals surface area contributed by atoms with Crippen molar-refractivity contribution in [3.05, 3.63) is 166 Å². The summed E-state index contributed by atoms with van der Waals surface area (Å²) in [6.45, 7) is 3.85. The lowest BCUT2D eigenvalue weighted by Gasteiger charge is -2.39. The van der Waals surface area contributed by atoms with Crippen LogP contribution in [0, 0.1) is 13.8 Å². The maximum Gasteiger partial charge on any atom is 0.268 e. The first kappa shape index (κ1) is 28.5. The van der Waals surface area contributed by atoms with Crippen molar-refractivity contribution in [3.63, 3.8) is 0 Å². The van der Waals surface area contributed by atoms with Gasteiger partial charge in [-0.05, 0) is 67.0 Å². The Balaban J connectivity index is 1.43. The molecule has 1 aliphatic heterocycles. The molecule has 0 spiro atoms. The van der Waals surface area contributed by atoms with E-state index in [2.05, 4.69) is 0 Å². The Labute approximate surface area is 269 Å². The van der Waals surface area contributed by atoms with Crippen molar-refractivity contribution < 1.29 is 16.8 Å². The van der Waals surface area contributed by atoms with Gasteiger partial charge in [-0.2, -0.15) is 0 Å². The van der Waals surface area contributed by atoms with Crippen LogP contribution in [0.2, 0.25) is 0 Å². The van der Waals surface area contributed by atoms with Crippen molar-refractivity contribution in [2.75, 3.05) is 4.31 Å². The lowest BCUT2D eigenvalue weighted by atomic mass is 9.86. The Morgan fingerprint density at radius 1 is 0.609 bits per heavy atom. The lowest BCUT2D eigenvalue weighted by Crippen LogP contribution is -2.39. The van der Waals surface area contributed by atoms with Crippen molar-refractivity contribution >= 4 is 42.2 Å². The van der Waals surface area contributed by atoms with Crippen LogP contribution in [0.3, 0.4) is 0 Å². The molecule has 6 aromatic rings. The molecule has 0 unspecified atom stereocenters. The van der Waals surface area contributed by atoms with Gasteiger partial charge in [0.1, 0.15) is 0 Å². The molecular weight excluding hydrogens is 613 g/mol. The quantitative estimate of drug-likeness (QED) is 0.192. The molecule has 6 nitrogen and oxygen atoms in total. The van der Waals surface area contributed by atoms with Crippen LogP contribution in [0.4, 0.5) is 5.69 Å². The number of sulfonamides is 1. The Morgan fingerprint density at radius 3 is 1.85 bits per heavy atom. The summed E-state index contributed by atoms with van der Waals surface area (Å²) in [5.41, 5.74) is 7.87. The number of nitrogens with zero attached hydrogens (tertiary/aromatic N) is 2. The van der Waals surface area contributed by atoms with E-state index in [0.717, 1.165) is 44.3 Å². The average Bonchev–Trinajstić information content (AvgIpc) is 3.60. The molecule has 0 N–H and O–H groups in total. The SMILES string of the molecule is Cc1ccc(S(=O)(=O)N2c3ccccc3C3=C(Cc4c3c3ccccc3n4S(=O)(=O)c3ccc(C)cc3)[C@H]2c2ccccc2)cc1. The van der Waals surface area contributed by atoms with Gasteiger partial charge in [0.15, 0.2) is 0 Å². The van der Waals surface area contributed by atoms with E-state index < -0.39 is 26.1 Å². The number of rotatable bonds is 5. The molecule has 1 aliphatic carbocycles. The van der Waals surface area contributed by atoms with Crippen LogP contribution in [-0.2, 0) is 26.5 Å². The second-order valence-corrected chi connectivity index (χ2v) is 15.5. The maximum absolute atomic E-state index is 14.7. The van der Waals surface area contributed by atoms with Crippen LogP contribution in [0.1, 0.15) is 39.6 Å². The Bertz CT molecular complexity index is 2430. The molecule has 0 fully saturated rings. The largest absolute Gasteiger partial charge is 0.268 e. The molecule has 1 atom stereocenters. The van der Waals surface area contributed by atoms with E-state index in [1.807, 2.05) is 92.7 Å². The molecule has 8 rings (SSSR count). The van der Waals surface area contributed by atoms with E-state index in [9.17, 15) is 16.8 Å². The molecule has 1 aromatic heterocycles. The molecule has 5 aromatic carbocycles. The van der Waals surface area contributed by atoms with Crippen molar-refractivity contribution in [2.45, 2.75) is 36.1 Å². The van der Waals surface area contributed by atoms with Gasteiger partial charge in [0, 0.05) is 28.6 Å². The fourth-order valence-corrected chi connectivity index (χ4v) is 10.2. The van der Waals surface area contributed by atoms with Gasteiger partial charge in [0.2, 0.25) is 0 Å². The average molecular weight is 643 g/mol. The minimum atomic E-state index is -4.05. The smallest absolute Gasteiger partial charge is 0.254 e. The number of fused-ring (bicyclic) bond motifs is 6. The summed E-state index contributed by atoms with van der Waals surface area (Å²) >= 11 is 0. The van der Waals surface area contributed by atoms with Crippen LogP contribution in [-0.4, -0.2) is 20.8 Å². The van der Waals surface area contributed by atoms with Gasteiger partial charge in [0.05, 0.1) is 27.0 Å². The third-order valence-corrected chi connectivity index (χ3v) is 12.6. The monoisotopic (exact) mass is 642 g/mol. The van der Waals surface area contributed by atoms with E-state index in [4.69, 9.17) is 0 Å². The lowest BCUT2D eigenvalue weighted by molar-refractivity contribution is 0.581. The molecule has 0 bridgehead atoms. The van der Waals surface area contributed by atoms with E-state index in [-0.39, 0.29) is 16.2 Å². The first-order valence-corrected chi connectivity index (χ1v) is 18.0. The summed E-state index contributed by atoms with van der Waals surface area (Å²) < 4.78 is 61.3. The maximum atomic E-state index is 14.7. The predicted molar refractivity (Wildman–Crippen MR) is 182 cm³/mol. The van der Waals surface area contributed by atoms with Gasteiger partial charge in [-0.25, -0.2) is 20.8 Å². The van der Waals surface area contributed by atoms with Crippen molar-refractivity contribution in [2.24, 2.45) is 0 Å². The summed E-state index contributed by atoms with van der Waals surface area (Å²) in [5.74, 6) is 0. The molecule has 0 saturated heterocycles. The molecule has 46 heavy (non-hydrogen) atoms. The highest BCUT2D eigenvalue weighted by Crippen LogP contribution is 2.56. The normalized spacial score (nSPS) is 16.0. The van der Waals surface area contributed by atoms with Gasteiger partial charge in [-0.1, -0.05) is 102 Å². The standard InChI is InChI=1S/C38H30N2O4S2/c1-25-16-20-28(21-17-25)45(41,42)39-33-14-8-7-13-31(33)37-35(39)24-32-36(37)30-12-6-9-15-34(30)40(38(32)27-10-4-3-5-11-27)46(43,44)29-22-18-26(2)19-23-29/h3-23,38H,24H2,1-2H3/t38-/m1/s1. The number of hydrogen-bond acceptors (Lipinski definition) is 4. The number of aryl methyl sites for hydroxylation is 2. The highest BCUT2D eigenvalue weighted by Gasteiger charge is 2.46. The number of para-hydroxylation sites is 2.